The van der Waals surface area contributed by atoms with Crippen molar-refractivity contribution in [2.24, 2.45) is 11.7 Å². The molecule has 0 rings (SSSR count). The van der Waals surface area contributed by atoms with Gasteiger partial charge in [0.15, 0.2) is 0 Å². The Morgan fingerprint density at radius 1 is 1.45 bits per heavy atom. The van der Waals surface area contributed by atoms with Gasteiger partial charge in [-0.2, -0.15) is 0 Å². The zero-order chi connectivity index (χ0) is 8.91. The molecule has 0 saturated heterocycles. The Morgan fingerprint density at radius 3 is 2.36 bits per heavy atom. The maximum atomic E-state index is 5.61. The molecule has 1 unspecified atom stereocenters. The molecule has 2 N–H and O–H groups in total. The minimum atomic E-state index is -0.149. The normalized spacial score (nSPS) is 15.0. The molecular weight excluding hydrogens is 138 g/mol. The Kier molecular flexibility index (Phi) is 4.69. The molecule has 0 amide bonds. The van der Waals surface area contributed by atoms with E-state index in [-0.39, 0.29) is 5.60 Å². The summed E-state index contributed by atoms with van der Waals surface area (Å²) in [6.45, 7) is 9.81. The van der Waals surface area contributed by atoms with Crippen LogP contribution in [0.2, 0.25) is 0 Å². The van der Waals surface area contributed by atoms with Gasteiger partial charge in [0.25, 0.3) is 0 Å². The lowest BCUT2D eigenvalue weighted by Crippen LogP contribution is -2.35. The molecular formula is C9H21NO. The molecule has 0 spiro atoms. The molecule has 2 nitrogen and oxygen atoms in total. The van der Waals surface area contributed by atoms with Gasteiger partial charge < -0.3 is 10.5 Å². The van der Waals surface area contributed by atoms with Gasteiger partial charge in [0.1, 0.15) is 0 Å². The zero-order valence-corrected chi connectivity index (χ0v) is 8.18. The van der Waals surface area contributed by atoms with Gasteiger partial charge in [0.05, 0.1) is 5.60 Å². The van der Waals surface area contributed by atoms with E-state index in [1.807, 2.05) is 13.8 Å². The third kappa shape index (κ3) is 5.22. The molecule has 68 valence electrons. The van der Waals surface area contributed by atoms with Crippen LogP contribution in [0, 0.1) is 5.92 Å². The minimum Gasteiger partial charge on any atom is -0.374 e. The molecule has 0 bridgehead atoms. The van der Waals surface area contributed by atoms with Crippen LogP contribution in [0.4, 0.5) is 0 Å². The summed E-state index contributed by atoms with van der Waals surface area (Å²) in [6.07, 6.45) is 1.17. The van der Waals surface area contributed by atoms with E-state index < -0.39 is 0 Å². The van der Waals surface area contributed by atoms with E-state index >= 15 is 0 Å². The van der Waals surface area contributed by atoms with E-state index in [4.69, 9.17) is 10.5 Å². The van der Waals surface area contributed by atoms with Crippen molar-refractivity contribution in [3.63, 3.8) is 0 Å². The van der Waals surface area contributed by atoms with Crippen LogP contribution in [0.5, 0.6) is 0 Å². The lowest BCUT2D eigenvalue weighted by Gasteiger charge is -2.24. The molecule has 0 aliphatic rings. The van der Waals surface area contributed by atoms with Crippen molar-refractivity contribution >= 4 is 0 Å². The van der Waals surface area contributed by atoms with Crippen LogP contribution in [0.25, 0.3) is 0 Å². The van der Waals surface area contributed by atoms with Crippen LogP contribution in [0.3, 0.4) is 0 Å². The van der Waals surface area contributed by atoms with Crippen molar-refractivity contribution in [3.8, 4) is 0 Å². The summed E-state index contributed by atoms with van der Waals surface area (Å²) >= 11 is 0. The van der Waals surface area contributed by atoms with Gasteiger partial charge in [-0.15, -0.1) is 0 Å². The summed E-state index contributed by atoms with van der Waals surface area (Å²) in [4.78, 5) is 0. The molecule has 0 aromatic heterocycles. The quantitative estimate of drug-likeness (QED) is 0.663. The summed E-state index contributed by atoms with van der Waals surface area (Å²) in [5, 5.41) is 0. The molecule has 1 atom stereocenters. The Hall–Kier alpha value is -0.0800. The third-order valence-electron chi connectivity index (χ3n) is 1.95. The van der Waals surface area contributed by atoms with Crippen LogP contribution in [0.15, 0.2) is 0 Å². The second kappa shape index (κ2) is 4.73. The van der Waals surface area contributed by atoms with Crippen molar-refractivity contribution < 1.29 is 4.74 Å². The van der Waals surface area contributed by atoms with Crippen LogP contribution in [-0.2, 0) is 4.74 Å². The average molecular weight is 159 g/mol. The first-order valence-electron chi connectivity index (χ1n) is 4.36. The van der Waals surface area contributed by atoms with Gasteiger partial charge in [-0.25, -0.2) is 0 Å². The Balaban J connectivity index is 3.52. The van der Waals surface area contributed by atoms with Crippen LogP contribution < -0.4 is 5.73 Å². The van der Waals surface area contributed by atoms with E-state index in [0.29, 0.717) is 12.5 Å². The molecule has 11 heavy (non-hydrogen) atoms. The summed E-state index contributed by atoms with van der Waals surface area (Å²) < 4.78 is 5.61. The van der Waals surface area contributed by atoms with Gasteiger partial charge in [0.2, 0.25) is 0 Å². The number of hydrogen-bond acceptors (Lipinski definition) is 2. The first kappa shape index (κ1) is 10.9. The summed E-state index contributed by atoms with van der Waals surface area (Å²) in [6, 6.07) is 0. The van der Waals surface area contributed by atoms with Crippen molar-refractivity contribution in [2.45, 2.75) is 39.7 Å². The Morgan fingerprint density at radius 2 is 2.00 bits per heavy atom. The van der Waals surface area contributed by atoms with E-state index in [2.05, 4.69) is 13.8 Å². The largest absolute Gasteiger partial charge is 0.374 e. The zero-order valence-electron chi connectivity index (χ0n) is 8.18. The van der Waals surface area contributed by atoms with Gasteiger partial charge in [-0.3, -0.25) is 0 Å². The predicted molar refractivity (Wildman–Crippen MR) is 48.5 cm³/mol. The van der Waals surface area contributed by atoms with Gasteiger partial charge in [-0.05, 0) is 19.8 Å². The molecule has 0 aromatic carbocycles. The van der Waals surface area contributed by atoms with Gasteiger partial charge >= 0.3 is 0 Å². The molecule has 0 saturated carbocycles. The lowest BCUT2D eigenvalue weighted by molar-refractivity contribution is -0.0266. The van der Waals surface area contributed by atoms with Crippen molar-refractivity contribution in [1.29, 1.82) is 0 Å². The van der Waals surface area contributed by atoms with Crippen LogP contribution in [0.1, 0.15) is 34.1 Å². The second-order valence-electron chi connectivity index (χ2n) is 3.79. The fourth-order valence-corrected chi connectivity index (χ4v) is 0.545. The summed E-state index contributed by atoms with van der Waals surface area (Å²) in [7, 11) is 0. The SMILES string of the molecule is CCC(C)COC(C)(C)CN. The molecule has 0 aliphatic heterocycles. The topological polar surface area (TPSA) is 35.2 Å². The maximum Gasteiger partial charge on any atom is 0.0748 e. The minimum absolute atomic E-state index is 0.149. The molecule has 2 heteroatoms. The van der Waals surface area contributed by atoms with Crippen molar-refractivity contribution in [1.82, 2.24) is 0 Å². The van der Waals surface area contributed by atoms with E-state index in [1.54, 1.807) is 0 Å². The fourth-order valence-electron chi connectivity index (χ4n) is 0.545. The first-order chi connectivity index (χ1) is 5.02. The third-order valence-corrected chi connectivity index (χ3v) is 1.95. The Bertz CT molecular complexity index is 102. The maximum absolute atomic E-state index is 5.61. The van der Waals surface area contributed by atoms with E-state index in [0.717, 1.165) is 6.61 Å². The highest BCUT2D eigenvalue weighted by Gasteiger charge is 2.16. The predicted octanol–water partition coefficient (Wildman–Crippen LogP) is 1.79. The molecule has 0 radical (unpaired) electrons. The number of rotatable bonds is 5. The second-order valence-corrected chi connectivity index (χ2v) is 3.79. The molecule has 0 heterocycles. The molecule has 0 fully saturated rings. The van der Waals surface area contributed by atoms with Gasteiger partial charge in [-0.1, -0.05) is 20.3 Å². The highest BCUT2D eigenvalue weighted by Crippen LogP contribution is 2.10. The monoisotopic (exact) mass is 159 g/mol. The highest BCUT2D eigenvalue weighted by molar-refractivity contribution is 4.69. The van der Waals surface area contributed by atoms with E-state index in [9.17, 15) is 0 Å². The Labute approximate surface area is 70.1 Å². The number of hydrogen-bond donors (Lipinski definition) is 1. The average Bonchev–Trinajstić information content (AvgIpc) is 2.00. The molecule has 0 aliphatic carbocycles. The van der Waals surface area contributed by atoms with Crippen molar-refractivity contribution in [2.75, 3.05) is 13.2 Å². The highest BCUT2D eigenvalue weighted by atomic mass is 16.5. The first-order valence-corrected chi connectivity index (χ1v) is 4.36. The van der Waals surface area contributed by atoms with Crippen molar-refractivity contribution in [3.05, 3.63) is 0 Å². The lowest BCUT2D eigenvalue weighted by atomic mass is 10.1. The fraction of sp³-hybridized carbons (Fsp3) is 1.00. The van der Waals surface area contributed by atoms with Crippen LogP contribution in [-0.4, -0.2) is 18.8 Å². The molecule has 0 aromatic rings. The summed E-state index contributed by atoms with van der Waals surface area (Å²) in [5.74, 6) is 0.640. The summed E-state index contributed by atoms with van der Waals surface area (Å²) in [5.41, 5.74) is 5.36. The smallest absolute Gasteiger partial charge is 0.0748 e. The number of nitrogens with two attached hydrogens (primary N) is 1. The number of ether oxygens (including phenoxy) is 1. The van der Waals surface area contributed by atoms with Gasteiger partial charge in [0, 0.05) is 13.2 Å². The van der Waals surface area contributed by atoms with E-state index in [1.165, 1.54) is 6.42 Å². The standard InChI is InChI=1S/C9H21NO/c1-5-8(2)6-11-9(3,4)7-10/h8H,5-7,10H2,1-4H3. The van der Waals surface area contributed by atoms with Crippen LogP contribution >= 0.6 is 0 Å².